The number of aryl methyl sites for hydroxylation is 1. The van der Waals surface area contributed by atoms with Crippen LogP contribution in [0, 0.1) is 0 Å². The van der Waals surface area contributed by atoms with E-state index < -0.39 is 21.3 Å². The lowest BCUT2D eigenvalue weighted by atomic mass is 10.1. The van der Waals surface area contributed by atoms with E-state index in [9.17, 15) is 22.8 Å². The minimum Gasteiger partial charge on any atom is -0.383 e. The number of unbranched alkanes of at least 4 members (excludes halogenated alkanes) is 1. The number of anilines is 2. The number of H-pyrrole nitrogens is 1. The summed E-state index contributed by atoms with van der Waals surface area (Å²) in [6.45, 7) is 3.69. The van der Waals surface area contributed by atoms with Crippen molar-refractivity contribution in [1.82, 2.24) is 13.9 Å². The summed E-state index contributed by atoms with van der Waals surface area (Å²) < 4.78 is 33.3. The first-order valence-electron chi connectivity index (χ1n) is 11.2. The van der Waals surface area contributed by atoms with Gasteiger partial charge in [-0.25, -0.2) is 13.2 Å². The van der Waals surface area contributed by atoms with E-state index in [4.69, 9.17) is 10.5 Å². The Labute approximate surface area is 198 Å². The molecule has 1 amide bonds. The number of rotatable bonds is 9. The molecule has 12 heteroatoms. The molecule has 3 N–H and O–H groups in total. The highest BCUT2D eigenvalue weighted by Crippen LogP contribution is 2.20. The van der Waals surface area contributed by atoms with Crippen LogP contribution in [0.15, 0.2) is 38.8 Å². The number of aromatic nitrogens is 2. The van der Waals surface area contributed by atoms with Gasteiger partial charge < -0.3 is 15.4 Å². The Morgan fingerprint density at radius 3 is 2.44 bits per heavy atom. The lowest BCUT2D eigenvalue weighted by Gasteiger charge is -2.26. The van der Waals surface area contributed by atoms with Gasteiger partial charge in [-0.05, 0) is 30.5 Å². The second-order valence-electron chi connectivity index (χ2n) is 8.11. The summed E-state index contributed by atoms with van der Waals surface area (Å²) in [6, 6.07) is 6.40. The molecule has 34 heavy (non-hydrogen) atoms. The fourth-order valence-corrected chi connectivity index (χ4v) is 5.16. The number of benzene rings is 1. The molecule has 1 aromatic carbocycles. The van der Waals surface area contributed by atoms with Crippen molar-refractivity contribution < 1.29 is 17.9 Å². The molecule has 0 saturated carbocycles. The van der Waals surface area contributed by atoms with Gasteiger partial charge in [0, 0.05) is 33.1 Å². The number of morpholine rings is 1. The number of aromatic amines is 1. The Hall–Kier alpha value is -2.96. The van der Waals surface area contributed by atoms with Crippen LogP contribution in [-0.2, 0) is 32.5 Å². The van der Waals surface area contributed by atoms with Crippen LogP contribution >= 0.6 is 0 Å². The van der Waals surface area contributed by atoms with Crippen LogP contribution < -0.4 is 21.9 Å². The number of nitrogen functional groups attached to an aromatic ring is 1. The van der Waals surface area contributed by atoms with Crippen molar-refractivity contribution in [3.05, 3.63) is 50.7 Å². The van der Waals surface area contributed by atoms with E-state index in [1.165, 1.54) is 28.1 Å². The molecule has 1 saturated heterocycles. The number of ether oxygens (including phenoxy) is 1. The topological polar surface area (TPSA) is 148 Å². The molecule has 0 aliphatic carbocycles. The van der Waals surface area contributed by atoms with Gasteiger partial charge in [0.15, 0.2) is 5.69 Å². The van der Waals surface area contributed by atoms with Gasteiger partial charge >= 0.3 is 5.69 Å². The molecule has 2 heterocycles. The predicted octanol–water partition coefficient (Wildman–Crippen LogP) is 0.535. The molecular weight excluding hydrogens is 462 g/mol. The molecular formula is C22H31N5O6S. The van der Waals surface area contributed by atoms with Crippen molar-refractivity contribution in [2.45, 2.75) is 44.0 Å². The fourth-order valence-electron chi connectivity index (χ4n) is 3.75. The molecule has 1 fully saturated rings. The van der Waals surface area contributed by atoms with Gasteiger partial charge in [0.05, 0.1) is 18.1 Å². The smallest absolute Gasteiger partial charge is 0.330 e. The zero-order chi connectivity index (χ0) is 24.9. The molecule has 1 aliphatic heterocycles. The number of nitrogens with one attached hydrogen (secondary N) is 1. The number of amides is 1. The monoisotopic (exact) mass is 493 g/mol. The van der Waals surface area contributed by atoms with Crippen molar-refractivity contribution in [3.8, 4) is 0 Å². The highest BCUT2D eigenvalue weighted by atomic mass is 32.2. The maximum Gasteiger partial charge on any atom is 0.330 e. The number of nitrogens with two attached hydrogens (primary N) is 1. The van der Waals surface area contributed by atoms with Crippen LogP contribution in [0.2, 0.25) is 0 Å². The van der Waals surface area contributed by atoms with Gasteiger partial charge in [0.25, 0.3) is 5.56 Å². The van der Waals surface area contributed by atoms with E-state index in [-0.39, 0.29) is 28.7 Å². The third-order valence-electron chi connectivity index (χ3n) is 5.82. The Balaban J connectivity index is 1.69. The predicted molar refractivity (Wildman–Crippen MR) is 128 cm³/mol. The van der Waals surface area contributed by atoms with Gasteiger partial charge in [0.2, 0.25) is 15.9 Å². The molecule has 2 aromatic rings. The summed E-state index contributed by atoms with van der Waals surface area (Å²) in [7, 11) is -2.14. The molecule has 11 nitrogen and oxygen atoms in total. The Morgan fingerprint density at radius 1 is 1.18 bits per heavy atom. The van der Waals surface area contributed by atoms with Crippen LogP contribution in [-0.4, -0.2) is 61.5 Å². The number of hydrogen-bond acceptors (Lipinski definition) is 7. The summed E-state index contributed by atoms with van der Waals surface area (Å²) in [4.78, 5) is 40.8. The summed E-state index contributed by atoms with van der Waals surface area (Å²) in [6.07, 6.45) is 1.94. The highest BCUT2D eigenvalue weighted by molar-refractivity contribution is 7.89. The van der Waals surface area contributed by atoms with Crippen LogP contribution in [0.4, 0.5) is 11.5 Å². The minimum atomic E-state index is -3.59. The van der Waals surface area contributed by atoms with Crippen LogP contribution in [0.1, 0.15) is 31.7 Å². The first-order valence-corrected chi connectivity index (χ1v) is 12.7. The molecule has 1 aromatic heterocycles. The second-order valence-corrected chi connectivity index (χ2v) is 10.0. The fraction of sp³-hybridized carbons (Fsp3) is 0.500. The van der Waals surface area contributed by atoms with E-state index in [0.29, 0.717) is 45.7 Å². The van der Waals surface area contributed by atoms with Gasteiger partial charge in [-0.1, -0.05) is 25.5 Å². The summed E-state index contributed by atoms with van der Waals surface area (Å²) in [5.41, 5.74) is 5.46. The zero-order valence-corrected chi connectivity index (χ0v) is 20.3. The van der Waals surface area contributed by atoms with Crippen molar-refractivity contribution in [3.63, 3.8) is 0 Å². The van der Waals surface area contributed by atoms with Crippen molar-refractivity contribution >= 4 is 27.4 Å². The maximum atomic E-state index is 12.8. The van der Waals surface area contributed by atoms with Crippen molar-refractivity contribution in [1.29, 1.82) is 0 Å². The quantitative estimate of drug-likeness (QED) is 0.518. The van der Waals surface area contributed by atoms with E-state index in [1.54, 1.807) is 12.1 Å². The SMILES string of the molecule is CCCCn1c(N)c(N(C)C(=O)CCc2ccc(S(=O)(=O)N3CCOCC3)cc2)c(=O)[nH]c1=O. The normalized spacial score (nSPS) is 14.8. The third kappa shape index (κ3) is 5.57. The van der Waals surface area contributed by atoms with E-state index in [0.717, 1.165) is 16.9 Å². The summed E-state index contributed by atoms with van der Waals surface area (Å²) in [5.74, 6) is -0.404. The first kappa shape index (κ1) is 25.7. The molecule has 0 spiro atoms. The van der Waals surface area contributed by atoms with Crippen molar-refractivity contribution in [2.24, 2.45) is 0 Å². The molecule has 0 radical (unpaired) electrons. The van der Waals surface area contributed by atoms with E-state index in [2.05, 4.69) is 4.98 Å². The number of carbonyl (C=O) groups excluding carboxylic acids is 1. The lowest BCUT2D eigenvalue weighted by molar-refractivity contribution is -0.118. The average Bonchev–Trinajstić information content (AvgIpc) is 2.83. The largest absolute Gasteiger partial charge is 0.383 e. The Bertz CT molecular complexity index is 1230. The van der Waals surface area contributed by atoms with Gasteiger partial charge in [-0.2, -0.15) is 4.31 Å². The van der Waals surface area contributed by atoms with Gasteiger partial charge in [-0.3, -0.25) is 19.1 Å². The molecule has 0 unspecified atom stereocenters. The minimum absolute atomic E-state index is 0.0456. The standard InChI is InChI=1S/C22H31N5O6S/c1-3-4-11-27-20(23)19(21(29)24-22(27)30)25(2)18(28)10-7-16-5-8-17(9-6-16)34(31,32)26-12-14-33-15-13-26/h5-6,8-9H,3-4,7,10-15,23H2,1-2H3,(H,24,29,30). The first-order chi connectivity index (χ1) is 16.2. The maximum absolute atomic E-state index is 12.8. The average molecular weight is 494 g/mol. The van der Waals surface area contributed by atoms with Gasteiger partial charge in [-0.15, -0.1) is 0 Å². The molecule has 186 valence electrons. The van der Waals surface area contributed by atoms with Crippen LogP contribution in [0.3, 0.4) is 0 Å². The van der Waals surface area contributed by atoms with Crippen LogP contribution in [0.5, 0.6) is 0 Å². The van der Waals surface area contributed by atoms with E-state index >= 15 is 0 Å². The molecule has 0 bridgehead atoms. The number of hydrogen-bond donors (Lipinski definition) is 2. The lowest BCUT2D eigenvalue weighted by Crippen LogP contribution is -2.40. The zero-order valence-electron chi connectivity index (χ0n) is 19.5. The Kier molecular flexibility index (Phi) is 8.28. The van der Waals surface area contributed by atoms with E-state index in [1.807, 2.05) is 6.92 Å². The number of sulfonamides is 1. The van der Waals surface area contributed by atoms with Crippen LogP contribution in [0.25, 0.3) is 0 Å². The molecule has 1 aliphatic rings. The molecule has 0 atom stereocenters. The van der Waals surface area contributed by atoms with Gasteiger partial charge in [0.1, 0.15) is 5.82 Å². The highest BCUT2D eigenvalue weighted by Gasteiger charge is 2.26. The number of nitrogens with zero attached hydrogens (tertiary/aromatic N) is 3. The number of carbonyl (C=O) groups is 1. The summed E-state index contributed by atoms with van der Waals surface area (Å²) >= 11 is 0. The molecule has 3 rings (SSSR count). The third-order valence-corrected chi connectivity index (χ3v) is 7.73. The Morgan fingerprint density at radius 2 is 1.82 bits per heavy atom. The summed E-state index contributed by atoms with van der Waals surface area (Å²) in [5, 5.41) is 0. The van der Waals surface area contributed by atoms with Crippen molar-refractivity contribution in [2.75, 3.05) is 44.0 Å². The second kappa shape index (κ2) is 11.0.